The molecule has 0 aliphatic carbocycles. The van der Waals surface area contributed by atoms with E-state index in [4.69, 9.17) is 0 Å². The first-order valence-electron chi connectivity index (χ1n) is 5.30. The molecule has 78 valence electrons. The topological polar surface area (TPSA) is 27.3 Å². The second-order valence-corrected chi connectivity index (χ2v) is 4.37. The van der Waals surface area contributed by atoms with Gasteiger partial charge in [0.2, 0.25) is 0 Å². The van der Waals surface area contributed by atoms with E-state index in [0.717, 1.165) is 13.1 Å². The first-order chi connectivity index (χ1) is 6.18. The summed E-state index contributed by atoms with van der Waals surface area (Å²) < 4.78 is 0. The Morgan fingerprint density at radius 1 is 1.54 bits per heavy atom. The van der Waals surface area contributed by atoms with Crippen molar-refractivity contribution in [2.24, 2.45) is 0 Å². The van der Waals surface area contributed by atoms with Crippen LogP contribution in [0.1, 0.15) is 19.8 Å². The lowest BCUT2D eigenvalue weighted by molar-refractivity contribution is 0.302. The summed E-state index contributed by atoms with van der Waals surface area (Å²) in [6, 6.07) is 1.28. The van der Waals surface area contributed by atoms with Crippen LogP contribution in [-0.2, 0) is 0 Å². The van der Waals surface area contributed by atoms with Gasteiger partial charge in [0.25, 0.3) is 0 Å². The van der Waals surface area contributed by atoms with Gasteiger partial charge in [-0.2, -0.15) is 0 Å². The van der Waals surface area contributed by atoms with Gasteiger partial charge in [-0.3, -0.25) is 0 Å². The second-order valence-electron chi connectivity index (χ2n) is 4.37. The van der Waals surface area contributed by atoms with Crippen molar-refractivity contribution in [2.45, 2.75) is 31.8 Å². The molecule has 1 aliphatic heterocycles. The van der Waals surface area contributed by atoms with Crippen molar-refractivity contribution >= 4 is 0 Å². The molecule has 1 saturated heterocycles. The largest absolute Gasteiger partial charge is 0.315 e. The molecule has 1 aliphatic rings. The van der Waals surface area contributed by atoms with Crippen molar-refractivity contribution in [1.29, 1.82) is 0 Å². The predicted molar refractivity (Wildman–Crippen MR) is 57.0 cm³/mol. The van der Waals surface area contributed by atoms with E-state index in [1.54, 1.807) is 0 Å². The maximum absolute atomic E-state index is 3.65. The minimum absolute atomic E-state index is 0.597. The molecule has 0 radical (unpaired) electrons. The summed E-state index contributed by atoms with van der Waals surface area (Å²) in [7, 11) is 4.24. The lowest BCUT2D eigenvalue weighted by atomic mass is 10.1. The number of piperidine rings is 1. The molecule has 0 saturated carbocycles. The van der Waals surface area contributed by atoms with Crippen LogP contribution in [0.2, 0.25) is 0 Å². The number of hydrogen-bond donors (Lipinski definition) is 2. The van der Waals surface area contributed by atoms with Crippen molar-refractivity contribution in [3.8, 4) is 0 Å². The van der Waals surface area contributed by atoms with E-state index >= 15 is 0 Å². The Bertz CT molecular complexity index is 130. The minimum Gasteiger partial charge on any atom is -0.315 e. The SMILES string of the molecule is CC(CN(C)C)NC1CCCNC1. The molecule has 13 heavy (non-hydrogen) atoms. The van der Waals surface area contributed by atoms with E-state index in [-0.39, 0.29) is 0 Å². The van der Waals surface area contributed by atoms with Gasteiger partial charge in [-0.1, -0.05) is 0 Å². The molecule has 1 fully saturated rings. The van der Waals surface area contributed by atoms with E-state index in [9.17, 15) is 0 Å². The van der Waals surface area contributed by atoms with Crippen LogP contribution < -0.4 is 10.6 Å². The summed E-state index contributed by atoms with van der Waals surface area (Å²) in [5, 5.41) is 7.06. The van der Waals surface area contributed by atoms with Gasteiger partial charge in [0.05, 0.1) is 0 Å². The lowest BCUT2D eigenvalue weighted by Gasteiger charge is -2.28. The second kappa shape index (κ2) is 5.58. The number of nitrogens with zero attached hydrogens (tertiary/aromatic N) is 1. The van der Waals surface area contributed by atoms with Crippen LogP contribution in [0.5, 0.6) is 0 Å². The average Bonchev–Trinajstić information content (AvgIpc) is 2.04. The zero-order valence-corrected chi connectivity index (χ0v) is 9.14. The van der Waals surface area contributed by atoms with Crippen molar-refractivity contribution in [3.05, 3.63) is 0 Å². The average molecular weight is 185 g/mol. The summed E-state index contributed by atoms with van der Waals surface area (Å²) in [4.78, 5) is 2.23. The third kappa shape index (κ3) is 4.60. The first kappa shape index (κ1) is 11.0. The molecule has 0 aromatic rings. The maximum Gasteiger partial charge on any atom is 0.0195 e. The van der Waals surface area contributed by atoms with Crippen LogP contribution in [0.4, 0.5) is 0 Å². The standard InChI is InChI=1S/C10H23N3/c1-9(8-13(2)3)12-10-5-4-6-11-7-10/h9-12H,4-8H2,1-3H3. The van der Waals surface area contributed by atoms with E-state index in [1.807, 2.05) is 0 Å². The van der Waals surface area contributed by atoms with Crippen molar-refractivity contribution in [1.82, 2.24) is 15.5 Å². The summed E-state index contributed by atoms with van der Waals surface area (Å²) in [6.07, 6.45) is 2.64. The number of rotatable bonds is 4. The van der Waals surface area contributed by atoms with Crippen LogP contribution in [0.15, 0.2) is 0 Å². The van der Waals surface area contributed by atoms with Gasteiger partial charge in [0.15, 0.2) is 0 Å². The van der Waals surface area contributed by atoms with E-state index < -0.39 is 0 Å². The molecule has 0 aromatic heterocycles. The number of likely N-dealkylation sites (N-methyl/N-ethyl adjacent to an activating group) is 1. The molecule has 2 N–H and O–H groups in total. The normalized spacial score (nSPS) is 26.3. The molecule has 0 spiro atoms. The van der Waals surface area contributed by atoms with E-state index in [1.165, 1.54) is 19.4 Å². The fraction of sp³-hybridized carbons (Fsp3) is 1.00. The molecule has 0 aromatic carbocycles. The van der Waals surface area contributed by atoms with Crippen molar-refractivity contribution in [3.63, 3.8) is 0 Å². The first-order valence-corrected chi connectivity index (χ1v) is 5.30. The fourth-order valence-corrected chi connectivity index (χ4v) is 2.00. The highest BCUT2D eigenvalue weighted by Gasteiger charge is 2.14. The molecule has 2 atom stereocenters. The third-order valence-electron chi connectivity index (χ3n) is 2.46. The molecular weight excluding hydrogens is 162 g/mol. The number of nitrogens with one attached hydrogen (secondary N) is 2. The van der Waals surface area contributed by atoms with Crippen LogP contribution in [0.3, 0.4) is 0 Å². The van der Waals surface area contributed by atoms with Crippen LogP contribution >= 0.6 is 0 Å². The molecule has 1 rings (SSSR count). The fourth-order valence-electron chi connectivity index (χ4n) is 2.00. The number of hydrogen-bond acceptors (Lipinski definition) is 3. The quantitative estimate of drug-likeness (QED) is 0.659. The zero-order valence-electron chi connectivity index (χ0n) is 9.14. The van der Waals surface area contributed by atoms with Crippen LogP contribution in [0.25, 0.3) is 0 Å². The van der Waals surface area contributed by atoms with Gasteiger partial charge in [-0.05, 0) is 40.4 Å². The Morgan fingerprint density at radius 3 is 2.85 bits per heavy atom. The lowest BCUT2D eigenvalue weighted by Crippen LogP contribution is -2.49. The highest BCUT2D eigenvalue weighted by Crippen LogP contribution is 2.02. The molecule has 1 heterocycles. The molecule has 3 heteroatoms. The monoisotopic (exact) mass is 185 g/mol. The third-order valence-corrected chi connectivity index (χ3v) is 2.46. The molecule has 0 amide bonds. The van der Waals surface area contributed by atoms with E-state index in [2.05, 4.69) is 36.6 Å². The highest BCUT2D eigenvalue weighted by molar-refractivity contribution is 4.78. The van der Waals surface area contributed by atoms with Crippen LogP contribution in [0, 0.1) is 0 Å². The molecule has 0 bridgehead atoms. The summed E-state index contributed by atoms with van der Waals surface area (Å²) in [5.74, 6) is 0. The Balaban J connectivity index is 2.14. The Kier molecular flexibility index (Phi) is 4.70. The Labute approximate surface area is 81.9 Å². The van der Waals surface area contributed by atoms with Gasteiger partial charge in [-0.15, -0.1) is 0 Å². The van der Waals surface area contributed by atoms with Crippen molar-refractivity contribution < 1.29 is 0 Å². The highest BCUT2D eigenvalue weighted by atomic mass is 15.1. The summed E-state index contributed by atoms with van der Waals surface area (Å²) in [6.45, 7) is 5.71. The Morgan fingerprint density at radius 2 is 2.31 bits per heavy atom. The minimum atomic E-state index is 0.597. The molecule has 2 unspecified atom stereocenters. The van der Waals surface area contributed by atoms with Gasteiger partial charge in [-0.25, -0.2) is 0 Å². The summed E-state index contributed by atoms with van der Waals surface area (Å²) >= 11 is 0. The Hall–Kier alpha value is -0.120. The van der Waals surface area contributed by atoms with Crippen LogP contribution in [-0.4, -0.2) is 50.7 Å². The van der Waals surface area contributed by atoms with Gasteiger partial charge < -0.3 is 15.5 Å². The molecular formula is C10H23N3. The predicted octanol–water partition coefficient (Wildman–Crippen LogP) is 0.278. The van der Waals surface area contributed by atoms with Crippen molar-refractivity contribution in [2.75, 3.05) is 33.7 Å². The maximum atomic E-state index is 3.65. The molecule has 3 nitrogen and oxygen atoms in total. The van der Waals surface area contributed by atoms with Gasteiger partial charge in [0, 0.05) is 25.2 Å². The summed E-state index contributed by atoms with van der Waals surface area (Å²) in [5.41, 5.74) is 0. The zero-order chi connectivity index (χ0) is 9.68. The van der Waals surface area contributed by atoms with Gasteiger partial charge in [0.1, 0.15) is 0 Å². The van der Waals surface area contributed by atoms with E-state index in [0.29, 0.717) is 12.1 Å². The smallest absolute Gasteiger partial charge is 0.0195 e. The van der Waals surface area contributed by atoms with Gasteiger partial charge >= 0.3 is 0 Å².